The molecular weight excluding hydrogens is 460 g/mol. The van der Waals surface area contributed by atoms with Crippen molar-refractivity contribution in [1.82, 2.24) is 0 Å². The zero-order chi connectivity index (χ0) is 25.2. The first-order chi connectivity index (χ1) is 18.6. The summed E-state index contributed by atoms with van der Waals surface area (Å²) in [5.41, 5.74) is 9.82. The summed E-state index contributed by atoms with van der Waals surface area (Å²) in [6.45, 7) is 4.66. The average Bonchev–Trinajstić information content (AvgIpc) is 3.43. The fourth-order valence-electron chi connectivity index (χ4n) is 7.15. The SMILES string of the molecule is CC1(C)c2ccccc2-c2cc(-c3ccc4c(c3)oc3cc5ccc6cccc7ccc(c34)c5c67)ccc21. The smallest absolute Gasteiger partial charge is 0.136 e. The second kappa shape index (κ2) is 6.82. The van der Waals surface area contributed by atoms with Gasteiger partial charge in [0, 0.05) is 16.2 Å². The van der Waals surface area contributed by atoms with Crippen LogP contribution in [0.25, 0.3) is 76.5 Å². The molecule has 8 aromatic rings. The first-order valence-corrected chi connectivity index (χ1v) is 13.4. The van der Waals surface area contributed by atoms with Crippen LogP contribution in [0, 0.1) is 0 Å². The molecule has 0 saturated heterocycles. The van der Waals surface area contributed by atoms with Crippen molar-refractivity contribution in [2.24, 2.45) is 0 Å². The molecule has 9 rings (SSSR count). The zero-order valence-electron chi connectivity index (χ0n) is 21.3. The van der Waals surface area contributed by atoms with Crippen LogP contribution in [0.4, 0.5) is 0 Å². The average molecular weight is 485 g/mol. The predicted molar refractivity (Wildman–Crippen MR) is 160 cm³/mol. The Morgan fingerprint density at radius 2 is 1.18 bits per heavy atom. The Bertz CT molecular complexity index is 2240. The van der Waals surface area contributed by atoms with Gasteiger partial charge in [-0.25, -0.2) is 0 Å². The highest BCUT2D eigenvalue weighted by molar-refractivity contribution is 6.32. The number of fused-ring (bicyclic) bond motifs is 7. The van der Waals surface area contributed by atoms with E-state index in [1.165, 1.54) is 76.5 Å². The first kappa shape index (κ1) is 20.4. The lowest BCUT2D eigenvalue weighted by atomic mass is 9.82. The molecule has 1 nitrogen and oxygen atoms in total. The molecule has 0 bridgehead atoms. The molecule has 0 atom stereocenters. The number of furan rings is 1. The summed E-state index contributed by atoms with van der Waals surface area (Å²) in [6.07, 6.45) is 0. The second-order valence-electron chi connectivity index (χ2n) is 11.3. The van der Waals surface area contributed by atoms with E-state index < -0.39 is 0 Å². The van der Waals surface area contributed by atoms with Crippen molar-refractivity contribution in [3.05, 3.63) is 120 Å². The van der Waals surface area contributed by atoms with Crippen molar-refractivity contribution < 1.29 is 4.42 Å². The molecule has 0 radical (unpaired) electrons. The third-order valence-corrected chi connectivity index (χ3v) is 9.00. The lowest BCUT2D eigenvalue weighted by Gasteiger charge is -2.21. The first-order valence-electron chi connectivity index (χ1n) is 13.4. The highest BCUT2D eigenvalue weighted by atomic mass is 16.3. The lowest BCUT2D eigenvalue weighted by molar-refractivity contribution is 0.660. The van der Waals surface area contributed by atoms with Gasteiger partial charge < -0.3 is 4.42 Å². The summed E-state index contributed by atoms with van der Waals surface area (Å²) in [5.74, 6) is 0. The van der Waals surface area contributed by atoms with E-state index in [1.807, 2.05) is 0 Å². The van der Waals surface area contributed by atoms with Crippen molar-refractivity contribution in [3.8, 4) is 22.3 Å². The fraction of sp³-hybridized carbons (Fsp3) is 0.0811. The molecular formula is C37H24O. The molecule has 7 aromatic carbocycles. The Hall–Kier alpha value is -4.62. The summed E-state index contributed by atoms with van der Waals surface area (Å²) >= 11 is 0. The number of hydrogen-bond donors (Lipinski definition) is 0. The Labute approximate surface area is 220 Å². The maximum Gasteiger partial charge on any atom is 0.136 e. The van der Waals surface area contributed by atoms with Crippen molar-refractivity contribution in [2.75, 3.05) is 0 Å². The molecule has 1 aliphatic carbocycles. The van der Waals surface area contributed by atoms with Crippen molar-refractivity contribution >= 4 is 54.3 Å². The zero-order valence-corrected chi connectivity index (χ0v) is 21.3. The van der Waals surface area contributed by atoms with E-state index in [-0.39, 0.29) is 5.41 Å². The number of benzene rings is 7. The number of rotatable bonds is 1. The van der Waals surface area contributed by atoms with Crippen LogP contribution in [-0.2, 0) is 5.41 Å². The third-order valence-electron chi connectivity index (χ3n) is 9.00. The van der Waals surface area contributed by atoms with Gasteiger partial charge in [0.05, 0.1) is 0 Å². The molecule has 0 saturated carbocycles. The Balaban J connectivity index is 1.28. The van der Waals surface area contributed by atoms with Crippen molar-refractivity contribution in [2.45, 2.75) is 19.3 Å². The van der Waals surface area contributed by atoms with Crippen LogP contribution in [-0.4, -0.2) is 0 Å². The molecule has 0 unspecified atom stereocenters. The minimum absolute atomic E-state index is 0.0219. The Morgan fingerprint density at radius 3 is 2.08 bits per heavy atom. The fourth-order valence-corrected chi connectivity index (χ4v) is 7.15. The molecule has 38 heavy (non-hydrogen) atoms. The molecule has 1 aromatic heterocycles. The quantitative estimate of drug-likeness (QED) is 0.211. The summed E-state index contributed by atoms with van der Waals surface area (Å²) in [5, 5.41) is 10.1. The van der Waals surface area contributed by atoms with E-state index >= 15 is 0 Å². The van der Waals surface area contributed by atoms with E-state index in [9.17, 15) is 0 Å². The van der Waals surface area contributed by atoms with E-state index in [4.69, 9.17) is 4.42 Å². The molecule has 0 N–H and O–H groups in total. The Morgan fingerprint density at radius 1 is 0.474 bits per heavy atom. The molecule has 0 amide bonds. The van der Waals surface area contributed by atoms with Gasteiger partial charge in [-0.15, -0.1) is 0 Å². The van der Waals surface area contributed by atoms with E-state index in [1.54, 1.807) is 0 Å². The van der Waals surface area contributed by atoms with Gasteiger partial charge in [0.25, 0.3) is 0 Å². The van der Waals surface area contributed by atoms with Gasteiger partial charge in [-0.05, 0) is 90.0 Å². The molecule has 0 spiro atoms. The highest BCUT2D eigenvalue weighted by Gasteiger charge is 2.35. The van der Waals surface area contributed by atoms with E-state index in [2.05, 4.69) is 123 Å². The van der Waals surface area contributed by atoms with Gasteiger partial charge in [-0.2, -0.15) is 0 Å². The largest absolute Gasteiger partial charge is 0.456 e. The van der Waals surface area contributed by atoms with Crippen LogP contribution in [0.3, 0.4) is 0 Å². The maximum atomic E-state index is 6.55. The lowest BCUT2D eigenvalue weighted by Crippen LogP contribution is -2.14. The highest BCUT2D eigenvalue weighted by Crippen LogP contribution is 2.50. The minimum Gasteiger partial charge on any atom is -0.456 e. The molecule has 1 heteroatoms. The van der Waals surface area contributed by atoms with Gasteiger partial charge >= 0.3 is 0 Å². The van der Waals surface area contributed by atoms with Gasteiger partial charge in [-0.3, -0.25) is 0 Å². The predicted octanol–water partition coefficient (Wildman–Crippen LogP) is 10.5. The molecule has 1 heterocycles. The standard InChI is InChI=1S/C37H24O/c1-37(2)30-9-4-3-8-26(30)29-18-23(14-17-31(29)37)24-13-15-27-32(19-24)38-33-20-25-11-10-21-6-5-7-22-12-16-28(36(27)33)35(25)34(21)22/h3-20H,1-2H3. The number of hydrogen-bond acceptors (Lipinski definition) is 1. The maximum absolute atomic E-state index is 6.55. The molecule has 1 aliphatic rings. The molecule has 0 aliphatic heterocycles. The third kappa shape index (κ3) is 2.47. The van der Waals surface area contributed by atoms with Crippen LogP contribution in [0.15, 0.2) is 114 Å². The summed E-state index contributed by atoms with van der Waals surface area (Å²) in [6, 6.07) is 40.3. The van der Waals surface area contributed by atoms with Crippen LogP contribution < -0.4 is 0 Å². The Kier molecular flexibility index (Phi) is 3.67. The van der Waals surface area contributed by atoms with E-state index in [0.717, 1.165) is 11.2 Å². The van der Waals surface area contributed by atoms with Crippen molar-refractivity contribution in [1.29, 1.82) is 0 Å². The monoisotopic (exact) mass is 484 g/mol. The molecule has 178 valence electrons. The van der Waals surface area contributed by atoms with E-state index in [0.29, 0.717) is 0 Å². The van der Waals surface area contributed by atoms with Gasteiger partial charge in [0.15, 0.2) is 0 Å². The normalized spacial score (nSPS) is 14.3. The van der Waals surface area contributed by atoms with Crippen LogP contribution >= 0.6 is 0 Å². The van der Waals surface area contributed by atoms with Crippen molar-refractivity contribution in [3.63, 3.8) is 0 Å². The van der Waals surface area contributed by atoms with Gasteiger partial charge in [-0.1, -0.05) is 98.8 Å². The van der Waals surface area contributed by atoms with Crippen LogP contribution in [0.1, 0.15) is 25.0 Å². The van der Waals surface area contributed by atoms with Crippen LogP contribution in [0.5, 0.6) is 0 Å². The van der Waals surface area contributed by atoms with Gasteiger partial charge in [0.2, 0.25) is 0 Å². The van der Waals surface area contributed by atoms with Crippen LogP contribution in [0.2, 0.25) is 0 Å². The summed E-state index contributed by atoms with van der Waals surface area (Å²) < 4.78 is 6.55. The van der Waals surface area contributed by atoms with Gasteiger partial charge in [0.1, 0.15) is 11.2 Å². The minimum atomic E-state index is 0.0219. The summed E-state index contributed by atoms with van der Waals surface area (Å²) in [4.78, 5) is 0. The summed E-state index contributed by atoms with van der Waals surface area (Å²) in [7, 11) is 0. The topological polar surface area (TPSA) is 13.1 Å². The molecule has 0 fully saturated rings. The second-order valence-corrected chi connectivity index (χ2v) is 11.3.